The normalized spacial score (nSPS) is 10.8. The quantitative estimate of drug-likeness (QED) is 0.702. The molecule has 5 nitrogen and oxygen atoms in total. The number of aromatic nitrogens is 1. The van der Waals surface area contributed by atoms with Crippen LogP contribution in [0.5, 0.6) is 0 Å². The molecule has 0 saturated heterocycles. The lowest BCUT2D eigenvalue weighted by molar-refractivity contribution is 0.0594. The summed E-state index contributed by atoms with van der Waals surface area (Å²) in [7, 11) is 1.33. The zero-order chi connectivity index (χ0) is 18.4. The maximum absolute atomic E-state index is 12.9. The molecule has 1 amide bonds. The van der Waals surface area contributed by atoms with Crippen molar-refractivity contribution in [3.8, 4) is 0 Å². The SMILES string of the molecule is COC(=O)c1csc(CN(CCC(C)C)C(=O)c2ccc(C)cc2)n1. The first-order valence-corrected chi connectivity index (χ1v) is 9.17. The van der Waals surface area contributed by atoms with Gasteiger partial charge in [-0.15, -0.1) is 11.3 Å². The van der Waals surface area contributed by atoms with Crippen LogP contribution in [0, 0.1) is 12.8 Å². The van der Waals surface area contributed by atoms with Gasteiger partial charge in [-0.1, -0.05) is 31.5 Å². The molecule has 0 radical (unpaired) electrons. The number of amides is 1. The van der Waals surface area contributed by atoms with Crippen molar-refractivity contribution in [2.75, 3.05) is 13.7 Å². The molecular formula is C19H24N2O3S. The lowest BCUT2D eigenvalue weighted by atomic mass is 10.1. The molecular weight excluding hydrogens is 336 g/mol. The first kappa shape index (κ1) is 19.1. The summed E-state index contributed by atoms with van der Waals surface area (Å²) in [5.41, 5.74) is 2.07. The molecule has 0 unspecified atom stereocenters. The van der Waals surface area contributed by atoms with E-state index in [4.69, 9.17) is 0 Å². The maximum Gasteiger partial charge on any atom is 0.357 e. The second kappa shape index (κ2) is 8.76. The summed E-state index contributed by atoms with van der Waals surface area (Å²) in [5, 5.41) is 2.39. The van der Waals surface area contributed by atoms with Crippen molar-refractivity contribution in [1.82, 2.24) is 9.88 Å². The van der Waals surface area contributed by atoms with Gasteiger partial charge in [0.05, 0.1) is 13.7 Å². The number of hydrogen-bond donors (Lipinski definition) is 0. The molecule has 0 bridgehead atoms. The van der Waals surface area contributed by atoms with Gasteiger partial charge in [-0.25, -0.2) is 9.78 Å². The Balaban J connectivity index is 2.17. The predicted molar refractivity (Wildman–Crippen MR) is 98.8 cm³/mol. The molecule has 0 aliphatic heterocycles. The fourth-order valence-corrected chi connectivity index (χ4v) is 3.07. The monoisotopic (exact) mass is 360 g/mol. The molecule has 2 rings (SSSR count). The molecule has 0 aliphatic carbocycles. The Labute approximate surface area is 152 Å². The highest BCUT2D eigenvalue weighted by Gasteiger charge is 2.19. The number of benzene rings is 1. The molecule has 1 aromatic carbocycles. The van der Waals surface area contributed by atoms with E-state index in [0.717, 1.165) is 17.0 Å². The Morgan fingerprint density at radius 1 is 1.24 bits per heavy atom. The van der Waals surface area contributed by atoms with Gasteiger partial charge in [0.25, 0.3) is 5.91 Å². The van der Waals surface area contributed by atoms with Gasteiger partial charge >= 0.3 is 5.97 Å². The minimum atomic E-state index is -0.457. The van der Waals surface area contributed by atoms with Crippen LogP contribution in [0.3, 0.4) is 0 Å². The van der Waals surface area contributed by atoms with Crippen molar-refractivity contribution in [2.24, 2.45) is 5.92 Å². The van der Waals surface area contributed by atoms with Gasteiger partial charge in [-0.2, -0.15) is 0 Å². The smallest absolute Gasteiger partial charge is 0.357 e. The number of hydrogen-bond acceptors (Lipinski definition) is 5. The minimum Gasteiger partial charge on any atom is -0.464 e. The summed E-state index contributed by atoms with van der Waals surface area (Å²) >= 11 is 1.37. The van der Waals surface area contributed by atoms with E-state index in [0.29, 0.717) is 24.6 Å². The number of carbonyl (C=O) groups excluding carboxylic acids is 2. The van der Waals surface area contributed by atoms with Gasteiger partial charge in [0, 0.05) is 17.5 Å². The van der Waals surface area contributed by atoms with Crippen molar-refractivity contribution >= 4 is 23.2 Å². The van der Waals surface area contributed by atoms with Crippen LogP contribution in [0.25, 0.3) is 0 Å². The number of esters is 1. The fraction of sp³-hybridized carbons (Fsp3) is 0.421. The fourth-order valence-electron chi connectivity index (χ4n) is 2.29. The van der Waals surface area contributed by atoms with Crippen molar-refractivity contribution < 1.29 is 14.3 Å². The van der Waals surface area contributed by atoms with E-state index in [1.807, 2.05) is 31.2 Å². The van der Waals surface area contributed by atoms with Crippen LogP contribution in [0.1, 0.15) is 51.7 Å². The van der Waals surface area contributed by atoms with Crippen LogP contribution in [0.15, 0.2) is 29.6 Å². The first-order valence-electron chi connectivity index (χ1n) is 8.29. The lowest BCUT2D eigenvalue weighted by Crippen LogP contribution is -2.32. The third-order valence-electron chi connectivity index (χ3n) is 3.83. The summed E-state index contributed by atoms with van der Waals surface area (Å²) in [5.74, 6) is 0.0202. The van der Waals surface area contributed by atoms with E-state index in [1.54, 1.807) is 10.3 Å². The van der Waals surface area contributed by atoms with Crippen LogP contribution in [0.2, 0.25) is 0 Å². The summed E-state index contributed by atoms with van der Waals surface area (Å²) in [6.45, 7) is 7.30. The zero-order valence-corrected chi connectivity index (χ0v) is 15.9. The molecule has 1 aromatic heterocycles. The average molecular weight is 360 g/mol. The van der Waals surface area contributed by atoms with E-state index in [-0.39, 0.29) is 11.6 Å². The molecule has 0 aliphatic rings. The van der Waals surface area contributed by atoms with Crippen molar-refractivity contribution in [3.63, 3.8) is 0 Å². The van der Waals surface area contributed by atoms with Crippen molar-refractivity contribution in [1.29, 1.82) is 0 Å². The topological polar surface area (TPSA) is 59.5 Å². The van der Waals surface area contributed by atoms with Crippen LogP contribution < -0.4 is 0 Å². The highest BCUT2D eigenvalue weighted by Crippen LogP contribution is 2.17. The molecule has 25 heavy (non-hydrogen) atoms. The van der Waals surface area contributed by atoms with Crippen molar-refractivity contribution in [3.05, 3.63) is 51.5 Å². The number of rotatable bonds is 7. The summed E-state index contributed by atoms with van der Waals surface area (Å²) in [6, 6.07) is 7.57. The summed E-state index contributed by atoms with van der Waals surface area (Å²) in [4.78, 5) is 30.5. The van der Waals surface area contributed by atoms with E-state index in [2.05, 4.69) is 23.6 Å². The number of carbonyl (C=O) groups is 2. The number of nitrogens with zero attached hydrogens (tertiary/aromatic N) is 2. The van der Waals surface area contributed by atoms with Gasteiger partial charge in [-0.3, -0.25) is 4.79 Å². The van der Waals surface area contributed by atoms with Crippen LogP contribution >= 0.6 is 11.3 Å². The Morgan fingerprint density at radius 2 is 1.92 bits per heavy atom. The summed E-state index contributed by atoms with van der Waals surface area (Å²) < 4.78 is 4.69. The average Bonchev–Trinajstić information content (AvgIpc) is 3.06. The van der Waals surface area contributed by atoms with Crippen LogP contribution in [-0.2, 0) is 11.3 Å². The Morgan fingerprint density at radius 3 is 2.52 bits per heavy atom. The Kier molecular flexibility index (Phi) is 6.70. The largest absolute Gasteiger partial charge is 0.464 e. The molecule has 0 saturated carbocycles. The Bertz CT molecular complexity index is 723. The van der Waals surface area contributed by atoms with E-state index < -0.39 is 5.97 Å². The molecule has 6 heteroatoms. The molecule has 0 N–H and O–H groups in total. The van der Waals surface area contributed by atoms with E-state index in [1.165, 1.54) is 18.4 Å². The number of aryl methyl sites for hydroxylation is 1. The predicted octanol–water partition coefficient (Wildman–Crippen LogP) is 3.93. The first-order chi connectivity index (χ1) is 11.9. The Hall–Kier alpha value is -2.21. The van der Waals surface area contributed by atoms with Gasteiger partial charge in [0.2, 0.25) is 0 Å². The third kappa shape index (κ3) is 5.39. The van der Waals surface area contributed by atoms with Crippen LogP contribution in [0.4, 0.5) is 0 Å². The second-order valence-electron chi connectivity index (χ2n) is 6.39. The number of thiazole rings is 1. The van der Waals surface area contributed by atoms with Gasteiger partial charge < -0.3 is 9.64 Å². The van der Waals surface area contributed by atoms with Crippen molar-refractivity contribution in [2.45, 2.75) is 33.7 Å². The van der Waals surface area contributed by atoms with Gasteiger partial charge in [-0.05, 0) is 31.4 Å². The lowest BCUT2D eigenvalue weighted by Gasteiger charge is -2.23. The summed E-state index contributed by atoms with van der Waals surface area (Å²) in [6.07, 6.45) is 0.910. The molecule has 2 aromatic rings. The zero-order valence-electron chi connectivity index (χ0n) is 15.1. The maximum atomic E-state index is 12.9. The number of methoxy groups -OCH3 is 1. The highest BCUT2D eigenvalue weighted by molar-refractivity contribution is 7.09. The molecule has 134 valence electrons. The van der Waals surface area contributed by atoms with Gasteiger partial charge in [0.15, 0.2) is 5.69 Å². The minimum absolute atomic E-state index is 0.0181. The second-order valence-corrected chi connectivity index (χ2v) is 7.34. The van der Waals surface area contributed by atoms with E-state index in [9.17, 15) is 9.59 Å². The molecule has 1 heterocycles. The molecule has 0 fully saturated rings. The van der Waals surface area contributed by atoms with E-state index >= 15 is 0 Å². The molecule has 0 spiro atoms. The molecule has 0 atom stereocenters. The van der Waals surface area contributed by atoms with Crippen LogP contribution in [-0.4, -0.2) is 35.4 Å². The number of ether oxygens (including phenoxy) is 1. The standard InChI is InChI=1S/C19H24N2O3S/c1-13(2)9-10-21(18(22)15-7-5-14(3)6-8-15)11-17-20-16(12-25-17)19(23)24-4/h5-8,12-13H,9-11H2,1-4H3. The van der Waals surface area contributed by atoms with Gasteiger partial charge in [0.1, 0.15) is 5.01 Å². The highest BCUT2D eigenvalue weighted by atomic mass is 32.1. The third-order valence-corrected chi connectivity index (χ3v) is 4.67.